The summed E-state index contributed by atoms with van der Waals surface area (Å²) in [5, 5.41) is 41.9. The molecule has 3 aromatic rings. The Bertz CT molecular complexity index is 1880. The van der Waals surface area contributed by atoms with E-state index < -0.39 is 24.0 Å². The summed E-state index contributed by atoms with van der Waals surface area (Å²) in [7, 11) is 4.67. The molecule has 1 fully saturated rings. The van der Waals surface area contributed by atoms with Crippen LogP contribution in [0.1, 0.15) is 98.9 Å². The highest BCUT2D eigenvalue weighted by molar-refractivity contribution is 5.93. The van der Waals surface area contributed by atoms with E-state index in [4.69, 9.17) is 23.7 Å². The Kier molecular flexibility index (Phi) is 8.99. The molecule has 3 aromatic carbocycles. The van der Waals surface area contributed by atoms with Crippen LogP contribution in [0.2, 0.25) is 0 Å². The number of nitrogens with one attached hydrogen (secondary N) is 2. The largest absolute Gasteiger partial charge is 0.502 e. The van der Waals surface area contributed by atoms with Gasteiger partial charge in [0, 0.05) is 64.4 Å². The van der Waals surface area contributed by atoms with Crippen LogP contribution in [-0.4, -0.2) is 55.0 Å². The molecule has 3 heterocycles. The topological polar surface area (TPSA) is 131 Å². The lowest BCUT2D eigenvalue weighted by molar-refractivity contribution is -0.0656. The minimum absolute atomic E-state index is 0.0932. The number of aliphatic hydroxyl groups is 2. The van der Waals surface area contributed by atoms with Crippen molar-refractivity contribution in [3.8, 4) is 45.6 Å². The zero-order valence-corrected chi connectivity index (χ0v) is 31.0. The van der Waals surface area contributed by atoms with Gasteiger partial charge in [-0.25, -0.2) is 0 Å². The molecule has 0 amide bonds. The lowest BCUT2D eigenvalue weighted by Gasteiger charge is -2.50. The summed E-state index contributed by atoms with van der Waals surface area (Å²) in [6, 6.07) is 7.47. The normalized spacial score (nSPS) is 28.2. The fourth-order valence-electron chi connectivity index (χ4n) is 9.58. The second-order valence-corrected chi connectivity index (χ2v) is 15.8. The molecule has 52 heavy (non-hydrogen) atoms. The molecule has 10 nitrogen and oxygen atoms in total. The Labute approximate surface area is 306 Å². The van der Waals surface area contributed by atoms with Crippen molar-refractivity contribution >= 4 is 5.69 Å². The first kappa shape index (κ1) is 34.9. The average molecular weight is 713 g/mol. The highest BCUT2D eigenvalue weighted by Crippen LogP contribution is 2.58. The molecule has 0 bridgehead atoms. The Morgan fingerprint density at radius 3 is 2.33 bits per heavy atom. The van der Waals surface area contributed by atoms with Gasteiger partial charge in [0.25, 0.3) is 0 Å². The van der Waals surface area contributed by atoms with Crippen LogP contribution in [0.3, 0.4) is 0 Å². The van der Waals surface area contributed by atoms with E-state index >= 15 is 0 Å². The predicted octanol–water partition coefficient (Wildman–Crippen LogP) is 7.29. The number of aromatic hydroxyl groups is 1. The molecule has 0 saturated heterocycles. The highest BCUT2D eigenvalue weighted by Gasteiger charge is 2.49. The van der Waals surface area contributed by atoms with Crippen molar-refractivity contribution in [2.24, 2.45) is 17.8 Å². The highest BCUT2D eigenvalue weighted by atomic mass is 16.5. The van der Waals surface area contributed by atoms with Crippen molar-refractivity contribution in [2.75, 3.05) is 33.3 Å². The smallest absolute Gasteiger partial charge is 0.200 e. The Hall–Kier alpha value is -4.12. The van der Waals surface area contributed by atoms with Gasteiger partial charge in [0.2, 0.25) is 5.75 Å². The van der Waals surface area contributed by atoms with E-state index in [0.717, 1.165) is 64.1 Å². The zero-order chi connectivity index (χ0) is 36.5. The van der Waals surface area contributed by atoms with Crippen LogP contribution in [0.15, 0.2) is 36.4 Å². The van der Waals surface area contributed by atoms with Crippen molar-refractivity contribution in [3.63, 3.8) is 0 Å². The second-order valence-electron chi connectivity index (χ2n) is 15.8. The number of phenols is 1. The fraction of sp³-hybridized carbons (Fsp3) is 0.524. The van der Waals surface area contributed by atoms with E-state index in [1.807, 2.05) is 12.1 Å². The SMILES string of the molecule is COc1cc(C2COc3cc4c5c(c3C2O)CCc2c(OC)cc(OC36CC(CCC(C)C)CCC3C=CC(C)N6)c(c2-5)C(O)N4)cc(OC)c1O. The molecule has 10 heteroatoms. The molecule has 1 saturated carbocycles. The third-order valence-corrected chi connectivity index (χ3v) is 12.1. The van der Waals surface area contributed by atoms with Gasteiger partial charge in [0.15, 0.2) is 23.5 Å². The van der Waals surface area contributed by atoms with Crippen LogP contribution in [0.5, 0.6) is 34.5 Å². The van der Waals surface area contributed by atoms with E-state index in [-0.39, 0.29) is 35.8 Å². The van der Waals surface area contributed by atoms with Crippen LogP contribution in [0.4, 0.5) is 5.69 Å². The van der Waals surface area contributed by atoms with E-state index in [1.165, 1.54) is 27.1 Å². The average Bonchev–Trinajstić information content (AvgIpc) is 3.13. The third-order valence-electron chi connectivity index (χ3n) is 12.1. The maximum Gasteiger partial charge on any atom is 0.200 e. The summed E-state index contributed by atoms with van der Waals surface area (Å²) in [5.41, 5.74) is 6.12. The number of ether oxygens (including phenoxy) is 5. The first-order valence-electron chi connectivity index (χ1n) is 18.8. The van der Waals surface area contributed by atoms with Gasteiger partial charge >= 0.3 is 0 Å². The number of phenolic OH excluding ortho intramolecular Hbond substituents is 1. The van der Waals surface area contributed by atoms with Crippen molar-refractivity contribution in [3.05, 3.63) is 64.2 Å². The van der Waals surface area contributed by atoms with Gasteiger partial charge in [-0.05, 0) is 67.7 Å². The third kappa shape index (κ3) is 5.65. The Morgan fingerprint density at radius 2 is 1.62 bits per heavy atom. The molecule has 8 rings (SSSR count). The van der Waals surface area contributed by atoms with Crippen molar-refractivity contribution in [2.45, 2.75) is 95.7 Å². The monoisotopic (exact) mass is 712 g/mol. The van der Waals surface area contributed by atoms with Gasteiger partial charge in [-0.2, -0.15) is 0 Å². The van der Waals surface area contributed by atoms with Gasteiger partial charge < -0.3 is 44.3 Å². The molecular weight excluding hydrogens is 660 g/mol. The molecule has 0 aromatic heterocycles. The fourth-order valence-corrected chi connectivity index (χ4v) is 9.58. The summed E-state index contributed by atoms with van der Waals surface area (Å²) in [5.74, 6) is 3.28. The molecule has 7 atom stereocenters. The molecular formula is C42H52N2O8. The lowest BCUT2D eigenvalue weighted by atomic mass is 9.71. The number of methoxy groups -OCH3 is 3. The van der Waals surface area contributed by atoms with Gasteiger partial charge in [-0.15, -0.1) is 0 Å². The number of fused-ring (bicyclic) bond motifs is 3. The summed E-state index contributed by atoms with van der Waals surface area (Å²) in [4.78, 5) is 0. The van der Waals surface area contributed by atoms with Crippen LogP contribution >= 0.6 is 0 Å². The van der Waals surface area contributed by atoms with Crippen LogP contribution in [-0.2, 0) is 12.8 Å². The predicted molar refractivity (Wildman–Crippen MR) is 199 cm³/mol. The van der Waals surface area contributed by atoms with Crippen molar-refractivity contribution in [1.82, 2.24) is 5.32 Å². The summed E-state index contributed by atoms with van der Waals surface area (Å²) < 4.78 is 30.6. The van der Waals surface area contributed by atoms with Crippen LogP contribution in [0, 0.1) is 17.8 Å². The summed E-state index contributed by atoms with van der Waals surface area (Å²) in [6.07, 6.45) is 9.37. The Balaban J connectivity index is 1.24. The van der Waals surface area contributed by atoms with Crippen LogP contribution in [0.25, 0.3) is 11.1 Å². The van der Waals surface area contributed by atoms with E-state index in [1.54, 1.807) is 19.2 Å². The summed E-state index contributed by atoms with van der Waals surface area (Å²) >= 11 is 0. The second kappa shape index (κ2) is 13.4. The lowest BCUT2D eigenvalue weighted by Crippen LogP contribution is -2.62. The maximum absolute atomic E-state index is 12.2. The minimum atomic E-state index is -1.03. The quantitative estimate of drug-likeness (QED) is 0.144. The standard InChI is InChI=1S/C42H52N2O8/c1-21(2)7-9-23-10-12-25-11-8-22(3)44-42(25,19-23)52-32-18-30(48-4)26-13-14-27-35-29(43-41(47)38(32)37(26)35)17-31-36(27)39(45)28(20-51-31)24-15-33(49-5)40(46)34(16-24)50-6/h8,11,15-18,21-23,25,28,39,41,43-47H,7,9-10,12-14,19-20H2,1-6H3. The minimum Gasteiger partial charge on any atom is -0.502 e. The van der Waals surface area contributed by atoms with Gasteiger partial charge in [0.05, 0.1) is 39.6 Å². The van der Waals surface area contributed by atoms with Gasteiger partial charge in [0.1, 0.15) is 17.2 Å². The maximum atomic E-state index is 12.2. The van der Waals surface area contributed by atoms with E-state index in [9.17, 15) is 15.3 Å². The molecule has 0 radical (unpaired) electrons. The molecule has 278 valence electrons. The van der Waals surface area contributed by atoms with E-state index in [0.29, 0.717) is 41.7 Å². The number of aliphatic hydroxyl groups excluding tert-OH is 2. The number of hydrogen-bond donors (Lipinski definition) is 5. The molecule has 2 aliphatic carbocycles. The number of rotatable bonds is 9. The molecule has 5 aliphatic rings. The Morgan fingerprint density at radius 1 is 0.885 bits per heavy atom. The van der Waals surface area contributed by atoms with Crippen molar-refractivity contribution < 1.29 is 39.0 Å². The van der Waals surface area contributed by atoms with Crippen LogP contribution < -0.4 is 34.3 Å². The first-order valence-corrected chi connectivity index (χ1v) is 18.8. The van der Waals surface area contributed by atoms with E-state index in [2.05, 4.69) is 43.6 Å². The van der Waals surface area contributed by atoms with Gasteiger partial charge in [-0.1, -0.05) is 38.8 Å². The number of anilines is 1. The molecule has 3 aliphatic heterocycles. The van der Waals surface area contributed by atoms with Gasteiger partial charge in [-0.3, -0.25) is 5.32 Å². The first-order chi connectivity index (χ1) is 25.0. The molecule has 0 spiro atoms. The molecule has 7 unspecified atom stereocenters. The van der Waals surface area contributed by atoms with Crippen molar-refractivity contribution in [1.29, 1.82) is 0 Å². The number of benzene rings is 3. The summed E-state index contributed by atoms with van der Waals surface area (Å²) in [6.45, 7) is 6.95. The zero-order valence-electron chi connectivity index (χ0n) is 31.0. The molecule has 5 N–H and O–H groups in total. The number of hydrogen-bond acceptors (Lipinski definition) is 10.